The maximum Gasteiger partial charge on any atom is 0.234 e. The van der Waals surface area contributed by atoms with Gasteiger partial charge in [-0.2, -0.15) is 4.98 Å². The number of rotatable bonds is 5. The number of nitrogens with zero attached hydrogens (tertiary/aromatic N) is 4. The third kappa shape index (κ3) is 3.08. The van der Waals surface area contributed by atoms with Crippen LogP contribution in [-0.4, -0.2) is 33.1 Å². The van der Waals surface area contributed by atoms with Crippen LogP contribution in [0.5, 0.6) is 0 Å². The first-order chi connectivity index (χ1) is 13.2. The summed E-state index contributed by atoms with van der Waals surface area (Å²) in [5.74, 6) is 3.82. The van der Waals surface area contributed by atoms with Crippen molar-refractivity contribution in [1.29, 1.82) is 0 Å². The second-order valence-corrected chi connectivity index (χ2v) is 7.96. The fourth-order valence-corrected chi connectivity index (χ4v) is 4.84. The summed E-state index contributed by atoms with van der Waals surface area (Å²) in [7, 11) is 0. The van der Waals surface area contributed by atoms with Gasteiger partial charge >= 0.3 is 0 Å². The van der Waals surface area contributed by atoms with E-state index in [4.69, 9.17) is 13.9 Å². The molecule has 1 saturated heterocycles. The predicted octanol–water partition coefficient (Wildman–Crippen LogP) is 3.51. The van der Waals surface area contributed by atoms with Crippen molar-refractivity contribution in [1.82, 2.24) is 20.0 Å². The van der Waals surface area contributed by atoms with E-state index in [1.54, 1.807) is 6.20 Å². The molecule has 140 valence electrons. The SMILES string of the molecule is Cc1cnc(CN2C[C@H]3CCC[C@@]3(c3nc(Cc4ccccc4)no3)C2)o1. The van der Waals surface area contributed by atoms with Crippen molar-refractivity contribution >= 4 is 0 Å². The summed E-state index contributed by atoms with van der Waals surface area (Å²) in [5, 5.41) is 4.29. The van der Waals surface area contributed by atoms with Gasteiger partial charge in [-0.25, -0.2) is 4.98 Å². The number of hydrogen-bond acceptors (Lipinski definition) is 6. The number of hydrogen-bond donors (Lipinski definition) is 0. The molecule has 1 saturated carbocycles. The molecule has 1 aliphatic heterocycles. The Balaban J connectivity index is 1.35. The molecule has 0 bridgehead atoms. The molecule has 2 aromatic heterocycles. The lowest BCUT2D eigenvalue weighted by Gasteiger charge is -2.24. The first-order valence-electron chi connectivity index (χ1n) is 9.72. The van der Waals surface area contributed by atoms with E-state index < -0.39 is 0 Å². The average molecular weight is 364 g/mol. The molecule has 3 aromatic rings. The Morgan fingerprint density at radius 1 is 1.26 bits per heavy atom. The van der Waals surface area contributed by atoms with E-state index in [0.717, 1.165) is 49.4 Å². The fraction of sp³-hybridized carbons (Fsp3) is 0.476. The number of likely N-dealkylation sites (tertiary alicyclic amines) is 1. The first kappa shape index (κ1) is 16.7. The molecule has 1 aromatic carbocycles. The van der Waals surface area contributed by atoms with Gasteiger partial charge in [0.05, 0.1) is 18.2 Å². The molecule has 5 rings (SSSR count). The van der Waals surface area contributed by atoms with E-state index in [1.165, 1.54) is 18.4 Å². The van der Waals surface area contributed by atoms with Gasteiger partial charge in [0, 0.05) is 19.5 Å². The Hall–Kier alpha value is -2.47. The van der Waals surface area contributed by atoms with Gasteiger partial charge in [-0.1, -0.05) is 41.9 Å². The van der Waals surface area contributed by atoms with Crippen LogP contribution in [0.4, 0.5) is 0 Å². The van der Waals surface area contributed by atoms with E-state index in [-0.39, 0.29) is 5.41 Å². The molecular weight excluding hydrogens is 340 g/mol. The Morgan fingerprint density at radius 2 is 2.15 bits per heavy atom. The van der Waals surface area contributed by atoms with Gasteiger partial charge in [-0.3, -0.25) is 4.90 Å². The maximum absolute atomic E-state index is 5.80. The summed E-state index contributed by atoms with van der Waals surface area (Å²) in [6, 6.07) is 10.3. The largest absolute Gasteiger partial charge is 0.445 e. The molecule has 0 unspecified atom stereocenters. The number of benzene rings is 1. The third-order valence-electron chi connectivity index (χ3n) is 6.07. The third-order valence-corrected chi connectivity index (χ3v) is 6.07. The number of fused-ring (bicyclic) bond motifs is 1. The highest BCUT2D eigenvalue weighted by atomic mass is 16.5. The quantitative estimate of drug-likeness (QED) is 0.690. The number of aryl methyl sites for hydroxylation is 1. The molecule has 0 spiro atoms. The van der Waals surface area contributed by atoms with Crippen molar-refractivity contribution in [2.75, 3.05) is 13.1 Å². The zero-order valence-electron chi connectivity index (χ0n) is 15.6. The molecule has 1 aliphatic carbocycles. The highest BCUT2D eigenvalue weighted by Gasteiger charge is 2.54. The van der Waals surface area contributed by atoms with Gasteiger partial charge in [-0.15, -0.1) is 0 Å². The minimum atomic E-state index is -0.0103. The molecule has 6 heteroatoms. The molecule has 0 amide bonds. The maximum atomic E-state index is 5.80. The van der Waals surface area contributed by atoms with E-state index in [9.17, 15) is 0 Å². The molecule has 0 radical (unpaired) electrons. The van der Waals surface area contributed by atoms with Crippen LogP contribution in [0, 0.1) is 12.8 Å². The van der Waals surface area contributed by atoms with Crippen molar-refractivity contribution < 1.29 is 8.94 Å². The van der Waals surface area contributed by atoms with Crippen LogP contribution in [0.2, 0.25) is 0 Å². The Bertz CT molecular complexity index is 919. The Labute approximate surface area is 158 Å². The molecule has 0 N–H and O–H groups in total. The van der Waals surface area contributed by atoms with Crippen molar-refractivity contribution in [2.24, 2.45) is 5.92 Å². The monoisotopic (exact) mass is 364 g/mol. The normalized spacial score (nSPS) is 25.1. The van der Waals surface area contributed by atoms with Crippen LogP contribution >= 0.6 is 0 Å². The van der Waals surface area contributed by atoms with Crippen LogP contribution in [0.25, 0.3) is 0 Å². The summed E-state index contributed by atoms with van der Waals surface area (Å²) < 4.78 is 11.5. The molecule has 27 heavy (non-hydrogen) atoms. The summed E-state index contributed by atoms with van der Waals surface area (Å²) in [6.45, 7) is 4.66. The van der Waals surface area contributed by atoms with Crippen molar-refractivity contribution in [3.63, 3.8) is 0 Å². The van der Waals surface area contributed by atoms with E-state index >= 15 is 0 Å². The second kappa shape index (κ2) is 6.60. The Morgan fingerprint density at radius 3 is 2.96 bits per heavy atom. The van der Waals surface area contributed by atoms with Crippen molar-refractivity contribution in [3.05, 3.63) is 65.5 Å². The van der Waals surface area contributed by atoms with Crippen LogP contribution in [0.3, 0.4) is 0 Å². The van der Waals surface area contributed by atoms with Gasteiger partial charge in [0.25, 0.3) is 0 Å². The highest BCUT2D eigenvalue weighted by molar-refractivity contribution is 5.21. The first-order valence-corrected chi connectivity index (χ1v) is 9.72. The summed E-state index contributed by atoms with van der Waals surface area (Å²) in [4.78, 5) is 11.6. The van der Waals surface area contributed by atoms with Gasteiger partial charge in [0.2, 0.25) is 11.8 Å². The van der Waals surface area contributed by atoms with Gasteiger partial charge in [-0.05, 0) is 31.2 Å². The van der Waals surface area contributed by atoms with Crippen LogP contribution in [0.15, 0.2) is 45.5 Å². The summed E-state index contributed by atoms with van der Waals surface area (Å²) in [6.07, 6.45) is 6.07. The minimum absolute atomic E-state index is 0.0103. The lowest BCUT2D eigenvalue weighted by molar-refractivity contribution is 0.234. The van der Waals surface area contributed by atoms with Crippen molar-refractivity contribution in [2.45, 2.75) is 44.6 Å². The average Bonchev–Trinajstić information content (AvgIpc) is 3.41. The van der Waals surface area contributed by atoms with Crippen molar-refractivity contribution in [3.8, 4) is 0 Å². The number of oxazole rings is 1. The summed E-state index contributed by atoms with van der Waals surface area (Å²) in [5.41, 5.74) is 1.20. The minimum Gasteiger partial charge on any atom is -0.445 e. The molecule has 6 nitrogen and oxygen atoms in total. The lowest BCUT2D eigenvalue weighted by Crippen LogP contribution is -2.32. The van der Waals surface area contributed by atoms with E-state index in [0.29, 0.717) is 12.3 Å². The Kier molecular flexibility index (Phi) is 4.08. The molecular formula is C21H24N4O2. The van der Waals surface area contributed by atoms with E-state index in [2.05, 4.69) is 27.2 Å². The van der Waals surface area contributed by atoms with Crippen LogP contribution in [-0.2, 0) is 18.4 Å². The zero-order chi connectivity index (χ0) is 18.3. The van der Waals surface area contributed by atoms with E-state index in [1.807, 2.05) is 25.1 Å². The molecule has 3 heterocycles. The molecule has 2 fully saturated rings. The van der Waals surface area contributed by atoms with Gasteiger partial charge < -0.3 is 8.94 Å². The molecule has 2 atom stereocenters. The van der Waals surface area contributed by atoms with Gasteiger partial charge in [0.1, 0.15) is 5.76 Å². The number of aromatic nitrogens is 3. The fourth-order valence-electron chi connectivity index (χ4n) is 4.84. The molecule has 2 aliphatic rings. The smallest absolute Gasteiger partial charge is 0.234 e. The predicted molar refractivity (Wildman–Crippen MR) is 99.1 cm³/mol. The topological polar surface area (TPSA) is 68.2 Å². The van der Waals surface area contributed by atoms with Crippen LogP contribution < -0.4 is 0 Å². The second-order valence-electron chi connectivity index (χ2n) is 7.96. The standard InChI is InChI=1S/C21H24N4O2/c1-15-11-22-19(26-15)13-25-12-17-8-5-9-21(17,14-25)20-23-18(24-27-20)10-16-6-3-2-4-7-16/h2-4,6-7,11,17H,5,8-10,12-14H2,1H3/t17-,21-/m1/s1. The summed E-state index contributed by atoms with van der Waals surface area (Å²) >= 11 is 0. The zero-order valence-corrected chi connectivity index (χ0v) is 15.6. The highest BCUT2D eigenvalue weighted by Crippen LogP contribution is 2.50. The van der Waals surface area contributed by atoms with Crippen LogP contribution in [0.1, 0.15) is 48.2 Å². The lowest BCUT2D eigenvalue weighted by atomic mass is 9.80. The van der Waals surface area contributed by atoms with Gasteiger partial charge in [0.15, 0.2) is 5.82 Å².